The highest BCUT2D eigenvalue weighted by atomic mass is 16.3. The number of hydrogen-bond acceptors (Lipinski definition) is 1. The van der Waals surface area contributed by atoms with Gasteiger partial charge in [0.25, 0.3) is 0 Å². The molecule has 2 nitrogen and oxygen atoms in total. The Kier molecular flexibility index (Phi) is 2.84. The van der Waals surface area contributed by atoms with Gasteiger partial charge in [-0.15, -0.1) is 0 Å². The Morgan fingerprint density at radius 2 is 2.00 bits per heavy atom. The minimum absolute atomic E-state index is 0.769. The largest absolute Gasteiger partial charge is 0.192 e. The third-order valence-corrected chi connectivity index (χ3v) is 2.27. The molecular formula is C8H16NO+. The first-order valence-electron chi connectivity index (χ1n) is 4.25. The number of nitroso groups, excluding NO2 is 1. The van der Waals surface area contributed by atoms with E-state index in [2.05, 4.69) is 6.92 Å². The van der Waals surface area contributed by atoms with Crippen LogP contribution >= 0.6 is 0 Å². The molecule has 1 heterocycles. The highest BCUT2D eigenvalue weighted by Crippen LogP contribution is 2.18. The Labute approximate surface area is 62.2 Å². The summed E-state index contributed by atoms with van der Waals surface area (Å²) in [6.45, 7) is 3.75. The van der Waals surface area contributed by atoms with Crippen LogP contribution in [0.5, 0.6) is 0 Å². The lowest BCUT2D eigenvalue weighted by Gasteiger charge is -2.15. The topological polar surface area (TPSA) is 20.1 Å². The van der Waals surface area contributed by atoms with Gasteiger partial charge < -0.3 is 0 Å². The van der Waals surface area contributed by atoms with Gasteiger partial charge in [-0.1, -0.05) is 19.8 Å². The van der Waals surface area contributed by atoms with Gasteiger partial charge in [0.1, 0.15) is 0 Å². The van der Waals surface area contributed by atoms with Gasteiger partial charge in [-0.3, -0.25) is 0 Å². The Morgan fingerprint density at radius 1 is 1.40 bits per heavy atom. The molecule has 0 N–H and O–H groups in total. The smallest absolute Gasteiger partial charge is 0.0654 e. The summed E-state index contributed by atoms with van der Waals surface area (Å²) in [4.78, 5) is 10.7. The van der Waals surface area contributed by atoms with Gasteiger partial charge in [-0.2, -0.15) is 0 Å². The van der Waals surface area contributed by atoms with Crippen molar-refractivity contribution in [3.05, 3.63) is 4.91 Å². The minimum Gasteiger partial charge on any atom is -0.0654 e. The van der Waals surface area contributed by atoms with E-state index in [0.717, 1.165) is 31.8 Å². The van der Waals surface area contributed by atoms with Gasteiger partial charge >= 0.3 is 0 Å². The van der Waals surface area contributed by atoms with E-state index in [9.17, 15) is 4.91 Å². The summed E-state index contributed by atoms with van der Waals surface area (Å²) in [7, 11) is 0. The van der Waals surface area contributed by atoms with Crippen molar-refractivity contribution < 1.29 is 4.76 Å². The molecule has 1 fully saturated rings. The van der Waals surface area contributed by atoms with Gasteiger partial charge in [-0.05, 0) is 10.7 Å². The van der Waals surface area contributed by atoms with Crippen LogP contribution in [0.15, 0.2) is 0 Å². The number of hydrogen-bond donors (Lipinski definition) is 0. The van der Waals surface area contributed by atoms with E-state index in [4.69, 9.17) is 0 Å². The molecule has 1 aliphatic rings. The zero-order valence-electron chi connectivity index (χ0n) is 6.68. The molecule has 1 rings (SSSR count). The van der Waals surface area contributed by atoms with Crippen molar-refractivity contribution in [3.8, 4) is 0 Å². The molecule has 0 saturated carbocycles. The van der Waals surface area contributed by atoms with Gasteiger partial charge in [0.15, 0.2) is 13.1 Å². The van der Waals surface area contributed by atoms with Gasteiger partial charge in [0.2, 0.25) is 0 Å². The zero-order chi connectivity index (χ0) is 7.40. The van der Waals surface area contributed by atoms with E-state index in [0.29, 0.717) is 0 Å². The van der Waals surface area contributed by atoms with E-state index < -0.39 is 0 Å². The van der Waals surface area contributed by atoms with E-state index in [1.54, 1.807) is 0 Å². The van der Waals surface area contributed by atoms with Crippen molar-refractivity contribution in [1.29, 1.82) is 0 Å². The summed E-state index contributed by atoms with van der Waals surface area (Å²) >= 11 is 0. The summed E-state index contributed by atoms with van der Waals surface area (Å²) in [6, 6.07) is 0. The Hall–Kier alpha value is -0.400. The fraction of sp³-hybridized carbons (Fsp3) is 1.00. The maximum absolute atomic E-state index is 10.7. The highest BCUT2D eigenvalue weighted by molar-refractivity contribution is 4.60. The summed E-state index contributed by atoms with van der Waals surface area (Å²) in [5.74, 6) is 0.843. The predicted molar refractivity (Wildman–Crippen MR) is 41.0 cm³/mol. The zero-order valence-corrected chi connectivity index (χ0v) is 6.68. The van der Waals surface area contributed by atoms with Crippen LogP contribution in [-0.2, 0) is 0 Å². The van der Waals surface area contributed by atoms with Crippen LogP contribution in [0.1, 0.15) is 32.6 Å². The molecule has 0 atom stereocenters. The normalized spacial score (nSPS) is 21.5. The molecule has 1 saturated heterocycles. The molecule has 58 valence electrons. The molecular weight excluding hydrogens is 126 g/mol. The second kappa shape index (κ2) is 3.69. The van der Waals surface area contributed by atoms with Crippen LogP contribution in [0, 0.1) is 10.8 Å². The third kappa shape index (κ3) is 2.09. The minimum atomic E-state index is 0.769. The fourth-order valence-electron chi connectivity index (χ4n) is 1.61. The van der Waals surface area contributed by atoms with E-state index in [-0.39, 0.29) is 0 Å². The second-order valence-electron chi connectivity index (χ2n) is 3.16. The first kappa shape index (κ1) is 7.70. The molecule has 0 aromatic rings. The first-order valence-corrected chi connectivity index (χ1v) is 4.25. The lowest BCUT2D eigenvalue weighted by molar-refractivity contribution is -0.561. The summed E-state index contributed by atoms with van der Waals surface area (Å²) < 4.78 is 1.19. The van der Waals surface area contributed by atoms with Crippen molar-refractivity contribution in [1.82, 2.24) is 0 Å². The van der Waals surface area contributed by atoms with Crippen LogP contribution in [0.3, 0.4) is 0 Å². The summed E-state index contributed by atoms with van der Waals surface area (Å²) in [6.07, 6.45) is 4.83. The molecule has 0 aromatic heterocycles. The van der Waals surface area contributed by atoms with Crippen LogP contribution in [0.25, 0.3) is 0 Å². The molecule has 0 aromatic carbocycles. The lowest BCUT2D eigenvalue weighted by Crippen LogP contribution is -2.23. The average Bonchev–Trinajstić information content (AvgIpc) is 1.95. The molecule has 10 heavy (non-hydrogen) atoms. The molecule has 2 heteroatoms. The van der Waals surface area contributed by atoms with E-state index >= 15 is 0 Å². The average molecular weight is 142 g/mol. The molecule has 0 amide bonds. The third-order valence-electron chi connectivity index (χ3n) is 2.27. The van der Waals surface area contributed by atoms with Crippen molar-refractivity contribution >= 4 is 0 Å². The van der Waals surface area contributed by atoms with Gasteiger partial charge in [0, 0.05) is 17.7 Å². The summed E-state index contributed by atoms with van der Waals surface area (Å²) in [5, 5.41) is 0. The SMILES string of the molecule is CCCC1CC[N+](=O)CC1. The number of nitrogens with zero attached hydrogens (tertiary/aromatic N) is 1. The van der Waals surface area contributed by atoms with Gasteiger partial charge in [-0.25, -0.2) is 0 Å². The van der Waals surface area contributed by atoms with Crippen LogP contribution in [0.2, 0.25) is 0 Å². The van der Waals surface area contributed by atoms with Gasteiger partial charge in [0.05, 0.1) is 0 Å². The lowest BCUT2D eigenvalue weighted by atomic mass is 9.94. The monoisotopic (exact) mass is 142 g/mol. The number of rotatable bonds is 2. The van der Waals surface area contributed by atoms with Crippen molar-refractivity contribution in [2.24, 2.45) is 5.92 Å². The Bertz CT molecular complexity index is 112. The Balaban J connectivity index is 2.19. The highest BCUT2D eigenvalue weighted by Gasteiger charge is 2.22. The predicted octanol–water partition coefficient (Wildman–Crippen LogP) is 1.98. The first-order chi connectivity index (χ1) is 4.83. The molecule has 1 aliphatic heterocycles. The maximum atomic E-state index is 10.7. The van der Waals surface area contributed by atoms with Crippen molar-refractivity contribution in [2.45, 2.75) is 32.6 Å². The van der Waals surface area contributed by atoms with Crippen LogP contribution in [0.4, 0.5) is 0 Å². The molecule has 0 aliphatic carbocycles. The fourth-order valence-corrected chi connectivity index (χ4v) is 1.61. The number of piperidine rings is 1. The van der Waals surface area contributed by atoms with Crippen LogP contribution < -0.4 is 0 Å². The molecule has 0 unspecified atom stereocenters. The maximum Gasteiger partial charge on any atom is 0.192 e. The second-order valence-corrected chi connectivity index (χ2v) is 3.16. The summed E-state index contributed by atoms with van der Waals surface area (Å²) in [5.41, 5.74) is 0. The van der Waals surface area contributed by atoms with Crippen molar-refractivity contribution in [2.75, 3.05) is 13.1 Å². The standard InChI is InChI=1S/C8H16NO/c1-2-3-8-4-6-9(10)7-5-8/h8H,2-7H2,1H3/q+1. The molecule has 0 spiro atoms. The van der Waals surface area contributed by atoms with Crippen LogP contribution in [-0.4, -0.2) is 17.8 Å². The quantitative estimate of drug-likeness (QED) is 0.540. The van der Waals surface area contributed by atoms with Crippen molar-refractivity contribution in [3.63, 3.8) is 0 Å². The molecule has 0 bridgehead atoms. The van der Waals surface area contributed by atoms with E-state index in [1.165, 1.54) is 17.6 Å². The van der Waals surface area contributed by atoms with E-state index in [1.807, 2.05) is 0 Å². The Morgan fingerprint density at radius 3 is 2.50 bits per heavy atom. The molecule has 0 radical (unpaired) electrons.